The molecule has 1 saturated heterocycles. The zero-order valence-electron chi connectivity index (χ0n) is 19.8. The molecule has 3 heterocycles. The molecule has 2 aromatic heterocycles. The summed E-state index contributed by atoms with van der Waals surface area (Å²) in [4.78, 5) is 18.2. The van der Waals surface area contributed by atoms with Crippen LogP contribution in [0.2, 0.25) is 0 Å². The number of ether oxygens (including phenoxy) is 1. The van der Waals surface area contributed by atoms with Crippen LogP contribution in [0.4, 0.5) is 5.69 Å². The van der Waals surface area contributed by atoms with Crippen molar-refractivity contribution in [3.63, 3.8) is 0 Å². The van der Waals surface area contributed by atoms with Crippen molar-refractivity contribution in [2.75, 3.05) is 26.3 Å². The molecule has 0 radical (unpaired) electrons. The molecule has 0 spiro atoms. The van der Waals surface area contributed by atoms with E-state index in [4.69, 9.17) is 9.73 Å². The van der Waals surface area contributed by atoms with Gasteiger partial charge >= 0.3 is 0 Å². The largest absolute Gasteiger partial charge is 0.379 e. The van der Waals surface area contributed by atoms with E-state index in [2.05, 4.69) is 25.5 Å². The number of nitrogens with zero attached hydrogens (tertiary/aromatic N) is 9. The lowest BCUT2D eigenvalue weighted by atomic mass is 10.0. The van der Waals surface area contributed by atoms with Gasteiger partial charge in [-0.2, -0.15) is 4.68 Å². The average molecular weight is 498 g/mol. The molecule has 6 rings (SSSR count). The average Bonchev–Trinajstić information content (AvgIpc) is 3.56. The maximum atomic E-state index is 11.3. The van der Waals surface area contributed by atoms with Crippen LogP contribution < -0.4 is 0 Å². The van der Waals surface area contributed by atoms with Crippen LogP contribution >= 0.6 is 0 Å². The molecule has 0 amide bonds. The van der Waals surface area contributed by atoms with Gasteiger partial charge in [-0.15, -0.1) is 10.2 Å². The number of aromatic nitrogens is 6. The summed E-state index contributed by atoms with van der Waals surface area (Å²) in [6.45, 7) is 2.68. The van der Waals surface area contributed by atoms with Crippen LogP contribution in [0.25, 0.3) is 22.1 Å². The molecule has 1 atom stereocenters. The van der Waals surface area contributed by atoms with Crippen molar-refractivity contribution in [2.45, 2.75) is 12.7 Å². The molecular formula is C25H23N9O3. The molecule has 1 aliphatic rings. The Hall–Kier alpha value is -4.55. The van der Waals surface area contributed by atoms with E-state index in [9.17, 15) is 10.1 Å². The Morgan fingerprint density at radius 2 is 1.57 bits per heavy atom. The molecule has 37 heavy (non-hydrogen) atoms. The Kier molecular flexibility index (Phi) is 6.08. The lowest BCUT2D eigenvalue weighted by Gasteiger charge is -2.35. The fraction of sp³-hybridized carbons (Fsp3) is 0.240. The summed E-state index contributed by atoms with van der Waals surface area (Å²) in [5.74, 6) is 0.629. The number of hydrogen-bond acceptors (Lipinski definition) is 9. The third-order valence-corrected chi connectivity index (χ3v) is 6.43. The van der Waals surface area contributed by atoms with Gasteiger partial charge in [-0.3, -0.25) is 15.0 Å². The van der Waals surface area contributed by atoms with Gasteiger partial charge in [0.05, 0.1) is 35.2 Å². The van der Waals surface area contributed by atoms with E-state index in [0.29, 0.717) is 32.1 Å². The number of fused-ring (bicyclic) bond motifs is 2. The van der Waals surface area contributed by atoms with Crippen LogP contribution in [-0.4, -0.2) is 71.9 Å². The standard InChI is InChI=1S/C25H23N9O3/c35-34(36)19-11-9-18(10-12-19)24(31-13-15-37-16-14-31)25(33-23-8-4-2-6-21(23)28-30-33)26-17-32-22-7-3-1-5-20(22)27-29-32/h1-12,24H,13-17H2/b26-25+. The Labute approximate surface area is 210 Å². The van der Waals surface area contributed by atoms with Gasteiger partial charge in [0.2, 0.25) is 0 Å². The van der Waals surface area contributed by atoms with E-state index in [-0.39, 0.29) is 18.4 Å². The van der Waals surface area contributed by atoms with Crippen molar-refractivity contribution in [3.05, 3.63) is 88.5 Å². The Bertz CT molecular complexity index is 1590. The number of aliphatic imine (C=N–C) groups is 1. The summed E-state index contributed by atoms with van der Waals surface area (Å²) in [5, 5.41) is 28.7. The van der Waals surface area contributed by atoms with Crippen LogP contribution in [0, 0.1) is 10.1 Å². The highest BCUT2D eigenvalue weighted by molar-refractivity contribution is 5.96. The van der Waals surface area contributed by atoms with Gasteiger partial charge in [0.1, 0.15) is 17.7 Å². The maximum Gasteiger partial charge on any atom is 0.269 e. The van der Waals surface area contributed by atoms with Crippen LogP contribution in [0.3, 0.4) is 0 Å². The van der Waals surface area contributed by atoms with Gasteiger partial charge in [0, 0.05) is 25.2 Å². The fourth-order valence-corrected chi connectivity index (χ4v) is 4.61. The molecule has 12 nitrogen and oxygen atoms in total. The second-order valence-corrected chi connectivity index (χ2v) is 8.62. The third-order valence-electron chi connectivity index (χ3n) is 6.43. The summed E-state index contributed by atoms with van der Waals surface area (Å²) in [5.41, 5.74) is 4.09. The van der Waals surface area contributed by atoms with Gasteiger partial charge in [0.15, 0.2) is 5.84 Å². The summed E-state index contributed by atoms with van der Waals surface area (Å²) >= 11 is 0. The van der Waals surface area contributed by atoms with Gasteiger partial charge in [-0.05, 0) is 29.8 Å². The van der Waals surface area contributed by atoms with Gasteiger partial charge in [-0.25, -0.2) is 9.67 Å². The first-order chi connectivity index (χ1) is 18.2. The van der Waals surface area contributed by atoms with E-state index in [1.165, 1.54) is 12.1 Å². The number of benzene rings is 3. The lowest BCUT2D eigenvalue weighted by Crippen LogP contribution is -2.44. The molecule has 1 unspecified atom stereocenters. The van der Waals surface area contributed by atoms with Crippen molar-refractivity contribution >= 4 is 33.6 Å². The van der Waals surface area contributed by atoms with Crippen LogP contribution in [-0.2, 0) is 11.4 Å². The SMILES string of the molecule is O=[N+]([O-])c1ccc(C(/C(=N\Cn2nnc3ccccc32)n2nnc3ccccc32)N2CCOCC2)cc1. The van der Waals surface area contributed by atoms with E-state index < -0.39 is 4.92 Å². The number of nitro benzene ring substituents is 1. The van der Waals surface area contributed by atoms with Gasteiger partial charge < -0.3 is 4.74 Å². The normalized spacial score (nSPS) is 15.8. The number of non-ortho nitro benzene ring substituents is 1. The van der Waals surface area contributed by atoms with E-state index in [0.717, 1.165) is 27.6 Å². The number of hydrogen-bond donors (Lipinski definition) is 0. The predicted molar refractivity (Wildman–Crippen MR) is 136 cm³/mol. The summed E-state index contributed by atoms with van der Waals surface area (Å²) < 4.78 is 9.10. The van der Waals surface area contributed by atoms with Crippen LogP contribution in [0.15, 0.2) is 77.8 Å². The predicted octanol–water partition coefficient (Wildman–Crippen LogP) is 3.06. The molecule has 3 aromatic carbocycles. The van der Waals surface area contributed by atoms with E-state index in [1.807, 2.05) is 48.5 Å². The Balaban J connectivity index is 1.50. The van der Waals surface area contributed by atoms with Crippen molar-refractivity contribution < 1.29 is 9.66 Å². The van der Waals surface area contributed by atoms with Gasteiger partial charge in [0.25, 0.3) is 5.69 Å². The molecule has 12 heteroatoms. The zero-order valence-corrected chi connectivity index (χ0v) is 19.8. The molecule has 5 aromatic rings. The minimum Gasteiger partial charge on any atom is -0.379 e. The van der Waals surface area contributed by atoms with Gasteiger partial charge in [-0.1, -0.05) is 46.8 Å². The topological polar surface area (TPSA) is 129 Å². The number of nitro groups is 1. The minimum absolute atomic E-state index is 0.0308. The molecule has 1 fully saturated rings. The molecule has 0 saturated carbocycles. The molecule has 0 bridgehead atoms. The second-order valence-electron chi connectivity index (χ2n) is 8.62. The zero-order chi connectivity index (χ0) is 25.2. The van der Waals surface area contributed by atoms with Crippen molar-refractivity contribution in [3.8, 4) is 0 Å². The van der Waals surface area contributed by atoms with Crippen LogP contribution in [0.5, 0.6) is 0 Å². The van der Waals surface area contributed by atoms with Crippen molar-refractivity contribution in [1.29, 1.82) is 0 Å². The molecule has 0 aliphatic carbocycles. The summed E-state index contributed by atoms with van der Waals surface area (Å²) in [6.07, 6.45) is 0. The smallest absolute Gasteiger partial charge is 0.269 e. The highest BCUT2D eigenvalue weighted by Crippen LogP contribution is 2.28. The second kappa shape index (κ2) is 9.84. The first kappa shape index (κ1) is 22.9. The van der Waals surface area contributed by atoms with E-state index >= 15 is 0 Å². The Morgan fingerprint density at radius 3 is 2.30 bits per heavy atom. The molecular weight excluding hydrogens is 474 g/mol. The minimum atomic E-state index is -0.400. The lowest BCUT2D eigenvalue weighted by molar-refractivity contribution is -0.384. The van der Waals surface area contributed by atoms with Crippen molar-refractivity contribution in [1.82, 2.24) is 34.9 Å². The van der Waals surface area contributed by atoms with Crippen LogP contribution in [0.1, 0.15) is 11.6 Å². The van der Waals surface area contributed by atoms with Crippen molar-refractivity contribution in [2.24, 2.45) is 4.99 Å². The molecule has 1 aliphatic heterocycles. The number of morpholine rings is 1. The number of rotatable bonds is 6. The number of para-hydroxylation sites is 2. The quantitative estimate of drug-likeness (QED) is 0.151. The summed E-state index contributed by atoms with van der Waals surface area (Å²) in [6, 6.07) is 21.6. The highest BCUT2D eigenvalue weighted by Gasteiger charge is 2.30. The maximum absolute atomic E-state index is 11.3. The highest BCUT2D eigenvalue weighted by atomic mass is 16.6. The van der Waals surface area contributed by atoms with E-state index in [1.54, 1.807) is 21.5 Å². The Morgan fingerprint density at radius 1 is 0.919 bits per heavy atom. The monoisotopic (exact) mass is 497 g/mol. The summed E-state index contributed by atoms with van der Waals surface area (Å²) in [7, 11) is 0. The molecule has 0 N–H and O–H groups in total. The third kappa shape index (κ3) is 4.43. The fourth-order valence-electron chi connectivity index (χ4n) is 4.61. The first-order valence-electron chi connectivity index (χ1n) is 11.9. The first-order valence-corrected chi connectivity index (χ1v) is 11.9. The molecule has 186 valence electrons.